The summed E-state index contributed by atoms with van der Waals surface area (Å²) in [6.07, 6.45) is 1.81. The van der Waals surface area contributed by atoms with E-state index >= 15 is 0 Å². The third kappa shape index (κ3) is 4.66. The number of rotatable bonds is 5. The predicted molar refractivity (Wildman–Crippen MR) is 108 cm³/mol. The molecule has 6 nitrogen and oxygen atoms in total. The molecule has 1 saturated carbocycles. The van der Waals surface area contributed by atoms with E-state index in [-0.39, 0.29) is 29.7 Å². The summed E-state index contributed by atoms with van der Waals surface area (Å²) in [7, 11) is 0. The lowest BCUT2D eigenvalue weighted by atomic mass is 9.85. The number of amides is 1. The molecule has 0 spiro atoms. The molecule has 2 fully saturated rings. The van der Waals surface area contributed by atoms with Crippen molar-refractivity contribution in [3.8, 4) is 0 Å². The minimum absolute atomic E-state index is 0.0558. The van der Waals surface area contributed by atoms with Crippen LogP contribution in [0.2, 0.25) is 0 Å². The predicted octanol–water partition coefficient (Wildman–Crippen LogP) is 3.44. The Balaban J connectivity index is 1.30. The van der Waals surface area contributed by atoms with Crippen LogP contribution in [0.3, 0.4) is 0 Å². The monoisotopic (exact) mass is 421 g/mol. The Bertz CT molecular complexity index is 905. The zero-order valence-corrected chi connectivity index (χ0v) is 16.9. The van der Waals surface area contributed by atoms with E-state index in [0.717, 1.165) is 31.1 Å². The molecule has 1 saturated heterocycles. The van der Waals surface area contributed by atoms with E-state index in [2.05, 4.69) is 32.4 Å². The summed E-state index contributed by atoms with van der Waals surface area (Å²) < 4.78 is 39.0. The number of aromatic nitrogens is 2. The van der Waals surface area contributed by atoms with Gasteiger partial charge in [-0.15, -0.1) is 0 Å². The normalized spacial score (nSPS) is 23.2. The lowest BCUT2D eigenvalue weighted by Gasteiger charge is -2.46. The summed E-state index contributed by atoms with van der Waals surface area (Å²) in [5.41, 5.74) is -0.388. The third-order valence-electron chi connectivity index (χ3n) is 6.16. The first kappa shape index (κ1) is 20.8. The fourth-order valence-electron chi connectivity index (χ4n) is 4.33. The van der Waals surface area contributed by atoms with Gasteiger partial charge >= 0.3 is 6.18 Å². The van der Waals surface area contributed by atoms with E-state index in [1.54, 1.807) is 0 Å². The standard InChI is InChI=1S/C21H26F3N5O/c1-13-2-5-16(6-3-13)29-10-15(11-29)28-19(30)9-25-20-17-8-14(21(22,23)24)4-7-18(17)26-12-27-20/h4,7-8,12-13,15-16H,2-3,5-6,9-11H2,1H3,(H,28,30)(H,25,26,27)/t13-,16-. The number of likely N-dealkylation sites (tertiary alicyclic amines) is 1. The molecule has 1 aliphatic carbocycles. The third-order valence-corrected chi connectivity index (χ3v) is 6.16. The molecule has 4 rings (SSSR count). The number of hydrogen-bond acceptors (Lipinski definition) is 5. The fraction of sp³-hybridized carbons (Fsp3) is 0.571. The van der Waals surface area contributed by atoms with Gasteiger partial charge in [0.2, 0.25) is 5.91 Å². The van der Waals surface area contributed by atoms with Crippen LogP contribution < -0.4 is 10.6 Å². The van der Waals surface area contributed by atoms with E-state index < -0.39 is 11.7 Å². The van der Waals surface area contributed by atoms with E-state index in [4.69, 9.17) is 0 Å². The molecule has 2 heterocycles. The molecule has 1 aliphatic heterocycles. The Hall–Kier alpha value is -2.42. The van der Waals surface area contributed by atoms with Crippen LogP contribution in [0.25, 0.3) is 10.9 Å². The van der Waals surface area contributed by atoms with Crippen LogP contribution in [0.5, 0.6) is 0 Å². The van der Waals surface area contributed by atoms with Gasteiger partial charge in [-0.2, -0.15) is 13.2 Å². The van der Waals surface area contributed by atoms with Crippen LogP contribution in [0.15, 0.2) is 24.5 Å². The first-order chi connectivity index (χ1) is 14.3. The van der Waals surface area contributed by atoms with Crippen molar-refractivity contribution in [1.29, 1.82) is 0 Å². The summed E-state index contributed by atoms with van der Waals surface area (Å²) in [6, 6.07) is 4.05. The van der Waals surface area contributed by atoms with E-state index in [1.165, 1.54) is 38.1 Å². The smallest absolute Gasteiger partial charge is 0.360 e. The highest BCUT2D eigenvalue weighted by molar-refractivity contribution is 5.91. The van der Waals surface area contributed by atoms with Crippen molar-refractivity contribution in [2.45, 2.75) is 50.9 Å². The quantitative estimate of drug-likeness (QED) is 0.774. The summed E-state index contributed by atoms with van der Waals surface area (Å²) in [4.78, 5) is 22.7. The zero-order valence-electron chi connectivity index (χ0n) is 16.9. The first-order valence-electron chi connectivity index (χ1n) is 10.4. The number of fused-ring (bicyclic) bond motifs is 1. The van der Waals surface area contributed by atoms with Gasteiger partial charge in [-0.3, -0.25) is 9.69 Å². The number of alkyl halides is 3. The number of carbonyl (C=O) groups excluding carboxylic acids is 1. The molecular weight excluding hydrogens is 395 g/mol. The molecule has 162 valence electrons. The fourth-order valence-corrected chi connectivity index (χ4v) is 4.33. The van der Waals surface area contributed by atoms with Gasteiger partial charge < -0.3 is 10.6 Å². The Kier molecular flexibility index (Phi) is 5.81. The molecule has 0 radical (unpaired) electrons. The van der Waals surface area contributed by atoms with E-state index in [1.807, 2.05) is 0 Å². The highest BCUT2D eigenvalue weighted by Crippen LogP contribution is 2.32. The van der Waals surface area contributed by atoms with Crippen molar-refractivity contribution in [1.82, 2.24) is 20.2 Å². The Labute approximate surface area is 173 Å². The van der Waals surface area contributed by atoms with Crippen molar-refractivity contribution in [2.24, 2.45) is 5.92 Å². The second kappa shape index (κ2) is 8.37. The zero-order chi connectivity index (χ0) is 21.3. The molecule has 0 bridgehead atoms. The number of anilines is 1. The van der Waals surface area contributed by atoms with Crippen molar-refractivity contribution in [3.05, 3.63) is 30.1 Å². The molecule has 30 heavy (non-hydrogen) atoms. The molecule has 1 aromatic heterocycles. The maximum Gasteiger partial charge on any atom is 0.416 e. The molecule has 0 unspecified atom stereocenters. The van der Waals surface area contributed by atoms with Crippen molar-refractivity contribution in [3.63, 3.8) is 0 Å². The topological polar surface area (TPSA) is 70.2 Å². The molecular formula is C21H26F3N5O. The van der Waals surface area contributed by atoms with Crippen molar-refractivity contribution < 1.29 is 18.0 Å². The minimum Gasteiger partial charge on any atom is -0.360 e. The van der Waals surface area contributed by atoms with Gasteiger partial charge in [-0.25, -0.2) is 9.97 Å². The van der Waals surface area contributed by atoms with Crippen LogP contribution in [0, 0.1) is 5.92 Å². The molecule has 1 amide bonds. The highest BCUT2D eigenvalue weighted by atomic mass is 19.4. The van der Waals surface area contributed by atoms with Gasteiger partial charge in [0, 0.05) is 24.5 Å². The number of hydrogen-bond donors (Lipinski definition) is 2. The largest absolute Gasteiger partial charge is 0.416 e. The number of nitrogens with zero attached hydrogens (tertiary/aromatic N) is 3. The number of halogens is 3. The van der Waals surface area contributed by atoms with E-state index in [0.29, 0.717) is 11.6 Å². The van der Waals surface area contributed by atoms with Crippen molar-refractivity contribution >= 4 is 22.6 Å². The Morgan fingerprint density at radius 3 is 2.60 bits per heavy atom. The molecule has 1 aromatic carbocycles. The summed E-state index contributed by atoms with van der Waals surface area (Å²) in [5, 5.41) is 6.07. The Morgan fingerprint density at radius 1 is 1.17 bits per heavy atom. The highest BCUT2D eigenvalue weighted by Gasteiger charge is 2.34. The number of benzene rings is 1. The average molecular weight is 421 g/mol. The average Bonchev–Trinajstić information content (AvgIpc) is 2.68. The van der Waals surface area contributed by atoms with Crippen LogP contribution >= 0.6 is 0 Å². The SMILES string of the molecule is C[C@H]1CC[C@H](N2CC(NC(=O)CNc3ncnc4ccc(C(F)(F)F)cc34)C2)CC1. The van der Waals surface area contributed by atoms with Crippen LogP contribution in [-0.2, 0) is 11.0 Å². The second-order valence-electron chi connectivity index (χ2n) is 8.44. The molecule has 2 N–H and O–H groups in total. The van der Waals surface area contributed by atoms with Gasteiger partial charge in [-0.1, -0.05) is 6.92 Å². The lowest BCUT2D eigenvalue weighted by Crippen LogP contribution is -2.63. The Morgan fingerprint density at radius 2 is 1.90 bits per heavy atom. The number of carbonyl (C=O) groups is 1. The van der Waals surface area contributed by atoms with Crippen molar-refractivity contribution in [2.75, 3.05) is 25.0 Å². The summed E-state index contributed by atoms with van der Waals surface area (Å²) in [6.45, 7) is 3.96. The van der Waals surface area contributed by atoms with Gasteiger partial charge in [0.1, 0.15) is 12.1 Å². The number of nitrogens with one attached hydrogen (secondary N) is 2. The van der Waals surface area contributed by atoms with E-state index in [9.17, 15) is 18.0 Å². The maximum atomic E-state index is 13.0. The molecule has 9 heteroatoms. The van der Waals surface area contributed by atoms with Crippen LogP contribution in [0.1, 0.15) is 38.2 Å². The van der Waals surface area contributed by atoms with Crippen LogP contribution in [-0.4, -0.2) is 52.5 Å². The van der Waals surface area contributed by atoms with Gasteiger partial charge in [-0.05, 0) is 49.8 Å². The van der Waals surface area contributed by atoms with Gasteiger partial charge in [0.25, 0.3) is 0 Å². The van der Waals surface area contributed by atoms with Gasteiger partial charge in [0.15, 0.2) is 0 Å². The summed E-state index contributed by atoms with van der Waals surface area (Å²) in [5.74, 6) is 0.831. The first-order valence-corrected chi connectivity index (χ1v) is 10.4. The molecule has 2 aliphatic rings. The molecule has 0 atom stereocenters. The summed E-state index contributed by atoms with van der Waals surface area (Å²) >= 11 is 0. The second-order valence-corrected chi connectivity index (χ2v) is 8.44. The lowest BCUT2D eigenvalue weighted by molar-refractivity contribution is -0.137. The molecule has 2 aromatic rings. The van der Waals surface area contributed by atoms with Crippen LogP contribution in [0.4, 0.5) is 19.0 Å². The minimum atomic E-state index is -4.45. The van der Waals surface area contributed by atoms with Gasteiger partial charge in [0.05, 0.1) is 23.7 Å². The maximum absolute atomic E-state index is 13.0.